The van der Waals surface area contributed by atoms with Crippen molar-refractivity contribution < 1.29 is 17.9 Å². The number of halogens is 4. The van der Waals surface area contributed by atoms with Crippen molar-refractivity contribution in [1.29, 1.82) is 5.26 Å². The van der Waals surface area contributed by atoms with Gasteiger partial charge in [-0.3, -0.25) is 0 Å². The number of alkyl halides is 1. The molecule has 2 aromatic rings. The van der Waals surface area contributed by atoms with Crippen LogP contribution in [0.2, 0.25) is 0 Å². The Hall–Kier alpha value is -2.19. The Labute approximate surface area is 118 Å². The van der Waals surface area contributed by atoms with E-state index in [1.165, 1.54) is 12.1 Å². The van der Waals surface area contributed by atoms with Crippen LogP contribution < -0.4 is 4.74 Å². The van der Waals surface area contributed by atoms with E-state index in [0.717, 1.165) is 18.2 Å². The predicted octanol–water partition coefficient (Wildman–Crippen LogP) is 4.51. The summed E-state index contributed by atoms with van der Waals surface area (Å²) < 4.78 is 45.8. The summed E-state index contributed by atoms with van der Waals surface area (Å²) in [7, 11) is 0. The third kappa shape index (κ3) is 2.70. The maximum Gasteiger partial charge on any atom is 0.198 e. The van der Waals surface area contributed by atoms with Crippen molar-refractivity contribution in [1.82, 2.24) is 0 Å². The van der Waals surface area contributed by atoms with Crippen molar-refractivity contribution in [2.24, 2.45) is 0 Å². The molecule has 0 saturated heterocycles. The van der Waals surface area contributed by atoms with Crippen LogP contribution in [0.15, 0.2) is 30.3 Å². The van der Waals surface area contributed by atoms with Gasteiger partial charge < -0.3 is 4.74 Å². The molecule has 0 aliphatic heterocycles. The third-order valence-corrected chi connectivity index (χ3v) is 2.82. The second-order valence-corrected chi connectivity index (χ2v) is 4.12. The molecule has 0 radical (unpaired) electrons. The number of rotatable bonds is 3. The molecule has 0 atom stereocenters. The molecular weight excluding hydrogens is 291 g/mol. The molecule has 0 saturated carbocycles. The summed E-state index contributed by atoms with van der Waals surface area (Å²) in [6.45, 7) is 0. The molecule has 0 spiro atoms. The first-order chi connectivity index (χ1) is 9.56. The average Bonchev–Trinajstić information content (AvgIpc) is 2.42. The maximum absolute atomic E-state index is 13.7. The second kappa shape index (κ2) is 5.85. The average molecular weight is 298 g/mol. The molecule has 0 heterocycles. The van der Waals surface area contributed by atoms with Crippen molar-refractivity contribution in [2.75, 3.05) is 0 Å². The van der Waals surface area contributed by atoms with Crippen LogP contribution in [0.3, 0.4) is 0 Å². The van der Waals surface area contributed by atoms with Gasteiger partial charge in [-0.05, 0) is 29.8 Å². The van der Waals surface area contributed by atoms with Gasteiger partial charge in [-0.2, -0.15) is 5.26 Å². The zero-order chi connectivity index (χ0) is 14.7. The summed E-state index contributed by atoms with van der Waals surface area (Å²) in [6.07, 6.45) is 0. The molecule has 0 aliphatic carbocycles. The first kappa shape index (κ1) is 14.2. The SMILES string of the molecule is N#Cc1c(F)cccc1Oc1c(F)cc(CCl)cc1F. The lowest BCUT2D eigenvalue weighted by Gasteiger charge is -2.10. The Morgan fingerprint density at radius 1 is 1.10 bits per heavy atom. The van der Waals surface area contributed by atoms with E-state index in [0.29, 0.717) is 0 Å². The number of nitrogens with zero attached hydrogens (tertiary/aromatic N) is 1. The van der Waals surface area contributed by atoms with Crippen LogP contribution in [0.4, 0.5) is 13.2 Å². The van der Waals surface area contributed by atoms with Crippen molar-refractivity contribution in [2.45, 2.75) is 5.88 Å². The molecule has 0 amide bonds. The zero-order valence-corrected chi connectivity index (χ0v) is 10.7. The van der Waals surface area contributed by atoms with Crippen molar-refractivity contribution in [3.63, 3.8) is 0 Å². The molecule has 6 heteroatoms. The van der Waals surface area contributed by atoms with E-state index in [-0.39, 0.29) is 17.2 Å². The standard InChI is InChI=1S/C14H7ClF3NO/c15-6-8-4-11(17)14(12(18)5-8)20-13-3-1-2-10(16)9(13)7-19/h1-5H,6H2. The number of hydrogen-bond donors (Lipinski definition) is 0. The number of hydrogen-bond acceptors (Lipinski definition) is 2. The molecule has 20 heavy (non-hydrogen) atoms. The molecule has 0 bridgehead atoms. The van der Waals surface area contributed by atoms with E-state index in [4.69, 9.17) is 21.6 Å². The van der Waals surface area contributed by atoms with E-state index in [1.54, 1.807) is 6.07 Å². The minimum absolute atomic E-state index is 0.0580. The van der Waals surface area contributed by atoms with Crippen LogP contribution in [0, 0.1) is 28.8 Å². The zero-order valence-electron chi connectivity index (χ0n) is 9.96. The summed E-state index contributed by atoms with van der Waals surface area (Å²) in [4.78, 5) is 0. The van der Waals surface area contributed by atoms with Crippen molar-refractivity contribution >= 4 is 11.6 Å². The molecule has 0 aromatic heterocycles. The Morgan fingerprint density at radius 2 is 1.75 bits per heavy atom. The van der Waals surface area contributed by atoms with Crippen LogP contribution >= 0.6 is 11.6 Å². The highest BCUT2D eigenvalue weighted by Gasteiger charge is 2.16. The highest BCUT2D eigenvalue weighted by molar-refractivity contribution is 6.17. The number of ether oxygens (including phenoxy) is 1. The monoisotopic (exact) mass is 297 g/mol. The summed E-state index contributed by atoms with van der Waals surface area (Å²) in [5.74, 6) is -3.81. The van der Waals surface area contributed by atoms with Gasteiger partial charge in [-0.25, -0.2) is 13.2 Å². The molecule has 2 rings (SSSR count). The van der Waals surface area contributed by atoms with Crippen LogP contribution in [-0.2, 0) is 5.88 Å². The van der Waals surface area contributed by atoms with Crippen molar-refractivity contribution in [3.05, 3.63) is 58.9 Å². The number of nitriles is 1. The van der Waals surface area contributed by atoms with E-state index in [2.05, 4.69) is 0 Å². The van der Waals surface area contributed by atoms with Crippen LogP contribution in [-0.4, -0.2) is 0 Å². The molecule has 0 aliphatic rings. The first-order valence-electron chi connectivity index (χ1n) is 5.47. The van der Waals surface area contributed by atoms with Gasteiger partial charge in [0, 0.05) is 5.88 Å². The highest BCUT2D eigenvalue weighted by Crippen LogP contribution is 2.31. The topological polar surface area (TPSA) is 33.0 Å². The summed E-state index contributed by atoms with van der Waals surface area (Å²) in [5, 5.41) is 8.82. The first-order valence-corrected chi connectivity index (χ1v) is 6.00. The number of benzene rings is 2. The molecule has 102 valence electrons. The van der Waals surface area contributed by atoms with Gasteiger partial charge >= 0.3 is 0 Å². The van der Waals surface area contributed by atoms with Gasteiger partial charge in [-0.1, -0.05) is 6.07 Å². The maximum atomic E-state index is 13.7. The Kier molecular flexibility index (Phi) is 4.16. The lowest BCUT2D eigenvalue weighted by atomic mass is 10.2. The largest absolute Gasteiger partial charge is 0.450 e. The third-order valence-electron chi connectivity index (χ3n) is 2.51. The fraction of sp³-hybridized carbons (Fsp3) is 0.0714. The second-order valence-electron chi connectivity index (χ2n) is 3.85. The lowest BCUT2D eigenvalue weighted by molar-refractivity contribution is 0.403. The van der Waals surface area contributed by atoms with Crippen LogP contribution in [0.5, 0.6) is 11.5 Å². The quantitative estimate of drug-likeness (QED) is 0.781. The Bertz CT molecular complexity index is 674. The fourth-order valence-electron chi connectivity index (χ4n) is 1.59. The Balaban J connectivity index is 2.46. The predicted molar refractivity (Wildman–Crippen MR) is 67.1 cm³/mol. The normalized spacial score (nSPS) is 10.2. The Morgan fingerprint density at radius 3 is 2.30 bits per heavy atom. The fourth-order valence-corrected chi connectivity index (χ4v) is 1.75. The molecule has 0 unspecified atom stereocenters. The molecule has 2 nitrogen and oxygen atoms in total. The minimum Gasteiger partial charge on any atom is -0.450 e. The van der Waals surface area contributed by atoms with Gasteiger partial charge in [0.1, 0.15) is 23.2 Å². The molecule has 2 aromatic carbocycles. The summed E-state index contributed by atoms with van der Waals surface area (Å²) in [5.41, 5.74) is -0.179. The van der Waals surface area contributed by atoms with Crippen LogP contribution in [0.1, 0.15) is 11.1 Å². The highest BCUT2D eigenvalue weighted by atomic mass is 35.5. The molecule has 0 N–H and O–H groups in total. The lowest BCUT2D eigenvalue weighted by Crippen LogP contribution is -1.97. The summed E-state index contributed by atoms with van der Waals surface area (Å²) in [6, 6.07) is 7.17. The van der Waals surface area contributed by atoms with Gasteiger partial charge in [0.05, 0.1) is 0 Å². The van der Waals surface area contributed by atoms with E-state index < -0.39 is 28.8 Å². The molecule has 0 fully saturated rings. The smallest absolute Gasteiger partial charge is 0.198 e. The van der Waals surface area contributed by atoms with Crippen LogP contribution in [0.25, 0.3) is 0 Å². The van der Waals surface area contributed by atoms with E-state index >= 15 is 0 Å². The van der Waals surface area contributed by atoms with Crippen molar-refractivity contribution in [3.8, 4) is 17.6 Å². The molecular formula is C14H7ClF3NO. The van der Waals surface area contributed by atoms with E-state index in [1.807, 2.05) is 0 Å². The van der Waals surface area contributed by atoms with Gasteiger partial charge in [0.2, 0.25) is 0 Å². The van der Waals surface area contributed by atoms with Gasteiger partial charge in [0.15, 0.2) is 17.4 Å². The van der Waals surface area contributed by atoms with Gasteiger partial charge in [-0.15, -0.1) is 11.6 Å². The summed E-state index contributed by atoms with van der Waals surface area (Å²) >= 11 is 5.49. The van der Waals surface area contributed by atoms with E-state index in [9.17, 15) is 13.2 Å². The van der Waals surface area contributed by atoms with Gasteiger partial charge in [0.25, 0.3) is 0 Å². The minimum atomic E-state index is -0.978.